The average Bonchev–Trinajstić information content (AvgIpc) is 2.42. The number of carboxylic acids is 1. The van der Waals surface area contributed by atoms with Crippen molar-refractivity contribution in [3.8, 4) is 0 Å². The first-order valence-corrected chi connectivity index (χ1v) is 6.72. The van der Waals surface area contributed by atoms with Gasteiger partial charge in [0.15, 0.2) is 0 Å². The third kappa shape index (κ3) is 2.82. The Labute approximate surface area is 119 Å². The van der Waals surface area contributed by atoms with Gasteiger partial charge in [-0.25, -0.2) is 4.79 Å². The van der Waals surface area contributed by atoms with Crippen LogP contribution in [0.3, 0.4) is 0 Å². The van der Waals surface area contributed by atoms with Gasteiger partial charge in [-0.2, -0.15) is 0 Å². The van der Waals surface area contributed by atoms with Crippen LogP contribution < -0.4 is 5.32 Å². The second-order valence-corrected chi connectivity index (χ2v) is 4.94. The molecule has 0 spiro atoms. The number of anilines is 2. The average molecular weight is 269 g/mol. The Bertz CT molecular complexity index is 647. The standard InChI is InChI=1S/C17H19NO2/c1-4-13-7-5-6-12(3)16(13)18-15-9-8-11(2)10-14(15)17(19)20/h5-10,18H,4H2,1-3H3,(H,19,20). The van der Waals surface area contributed by atoms with Crippen molar-refractivity contribution in [1.82, 2.24) is 0 Å². The summed E-state index contributed by atoms with van der Waals surface area (Å²) in [4.78, 5) is 11.4. The van der Waals surface area contributed by atoms with Gasteiger partial charge in [-0.3, -0.25) is 0 Å². The molecule has 0 aliphatic heterocycles. The van der Waals surface area contributed by atoms with Crippen LogP contribution >= 0.6 is 0 Å². The maximum atomic E-state index is 11.4. The van der Waals surface area contributed by atoms with E-state index in [4.69, 9.17) is 0 Å². The van der Waals surface area contributed by atoms with Crippen LogP contribution in [0.2, 0.25) is 0 Å². The second-order valence-electron chi connectivity index (χ2n) is 4.94. The minimum absolute atomic E-state index is 0.301. The maximum absolute atomic E-state index is 11.4. The Morgan fingerprint density at radius 3 is 2.60 bits per heavy atom. The molecule has 104 valence electrons. The number of nitrogens with one attached hydrogen (secondary N) is 1. The van der Waals surface area contributed by atoms with Crippen LogP contribution in [0.25, 0.3) is 0 Å². The molecular weight excluding hydrogens is 250 g/mol. The molecule has 0 atom stereocenters. The summed E-state index contributed by atoms with van der Waals surface area (Å²) in [5.74, 6) is -0.914. The molecule has 0 saturated carbocycles. The summed E-state index contributed by atoms with van der Waals surface area (Å²) >= 11 is 0. The second kappa shape index (κ2) is 5.78. The third-order valence-electron chi connectivity index (χ3n) is 3.41. The van der Waals surface area contributed by atoms with Crippen LogP contribution in [0.4, 0.5) is 11.4 Å². The van der Waals surface area contributed by atoms with Gasteiger partial charge in [-0.1, -0.05) is 36.8 Å². The van der Waals surface area contributed by atoms with Crippen molar-refractivity contribution in [3.05, 3.63) is 58.7 Å². The Balaban J connectivity index is 2.48. The highest BCUT2D eigenvalue weighted by Crippen LogP contribution is 2.28. The first kappa shape index (κ1) is 14.1. The number of para-hydroxylation sites is 1. The van der Waals surface area contributed by atoms with Gasteiger partial charge in [0.1, 0.15) is 0 Å². The van der Waals surface area contributed by atoms with Crippen LogP contribution in [0.15, 0.2) is 36.4 Å². The molecule has 2 aromatic carbocycles. The monoisotopic (exact) mass is 269 g/mol. The zero-order valence-corrected chi connectivity index (χ0v) is 12.0. The van der Waals surface area contributed by atoms with Crippen LogP contribution in [0.5, 0.6) is 0 Å². The van der Waals surface area contributed by atoms with Crippen molar-refractivity contribution in [1.29, 1.82) is 0 Å². The normalized spacial score (nSPS) is 10.3. The van der Waals surface area contributed by atoms with E-state index >= 15 is 0 Å². The first-order chi connectivity index (χ1) is 9.52. The number of hydrogen-bond acceptors (Lipinski definition) is 2. The number of aromatic carboxylic acids is 1. The fourth-order valence-corrected chi connectivity index (χ4v) is 2.28. The molecule has 0 aliphatic rings. The predicted octanol–water partition coefficient (Wildman–Crippen LogP) is 4.31. The molecule has 0 aromatic heterocycles. The summed E-state index contributed by atoms with van der Waals surface area (Å²) in [6, 6.07) is 11.5. The van der Waals surface area contributed by atoms with Crippen LogP contribution in [0.1, 0.15) is 34.0 Å². The lowest BCUT2D eigenvalue weighted by Crippen LogP contribution is -2.05. The number of aryl methyl sites for hydroxylation is 3. The number of carboxylic acid groups (broad SMARTS) is 1. The quantitative estimate of drug-likeness (QED) is 0.869. The summed E-state index contributed by atoms with van der Waals surface area (Å²) in [7, 11) is 0. The van der Waals surface area contributed by atoms with Crippen LogP contribution in [-0.2, 0) is 6.42 Å². The van der Waals surface area contributed by atoms with Gasteiger partial charge in [0.25, 0.3) is 0 Å². The molecule has 0 amide bonds. The maximum Gasteiger partial charge on any atom is 0.337 e. The topological polar surface area (TPSA) is 49.3 Å². The van der Waals surface area contributed by atoms with Gasteiger partial charge in [-0.05, 0) is 43.5 Å². The van der Waals surface area contributed by atoms with Gasteiger partial charge in [0, 0.05) is 5.69 Å². The SMILES string of the molecule is CCc1cccc(C)c1Nc1ccc(C)cc1C(=O)O. The van der Waals surface area contributed by atoms with Crippen molar-refractivity contribution in [2.24, 2.45) is 0 Å². The Morgan fingerprint density at radius 2 is 1.95 bits per heavy atom. The molecule has 0 aliphatic carbocycles. The van der Waals surface area contributed by atoms with Gasteiger partial charge in [0.05, 0.1) is 11.3 Å². The summed E-state index contributed by atoms with van der Waals surface area (Å²) in [6.07, 6.45) is 0.901. The van der Waals surface area contributed by atoms with Crippen molar-refractivity contribution >= 4 is 17.3 Å². The fourth-order valence-electron chi connectivity index (χ4n) is 2.28. The molecule has 2 aromatic rings. The van der Waals surface area contributed by atoms with E-state index in [1.165, 1.54) is 5.56 Å². The van der Waals surface area contributed by atoms with Crippen molar-refractivity contribution < 1.29 is 9.90 Å². The van der Waals surface area contributed by atoms with Crippen molar-refractivity contribution in [2.75, 3.05) is 5.32 Å². The summed E-state index contributed by atoms with van der Waals surface area (Å²) in [5.41, 5.74) is 5.17. The zero-order valence-electron chi connectivity index (χ0n) is 12.0. The molecule has 3 heteroatoms. The van der Waals surface area contributed by atoms with Gasteiger partial charge in [0.2, 0.25) is 0 Å². The van der Waals surface area contributed by atoms with E-state index in [2.05, 4.69) is 18.3 Å². The van der Waals surface area contributed by atoms with E-state index in [-0.39, 0.29) is 0 Å². The molecule has 0 heterocycles. The molecule has 20 heavy (non-hydrogen) atoms. The highest BCUT2D eigenvalue weighted by Gasteiger charge is 2.12. The van der Waals surface area contributed by atoms with Crippen molar-refractivity contribution in [2.45, 2.75) is 27.2 Å². The molecule has 0 fully saturated rings. The van der Waals surface area contributed by atoms with E-state index in [1.54, 1.807) is 6.07 Å². The van der Waals surface area contributed by atoms with E-state index in [1.807, 2.05) is 38.1 Å². The van der Waals surface area contributed by atoms with E-state index < -0.39 is 5.97 Å². The van der Waals surface area contributed by atoms with Gasteiger partial charge < -0.3 is 10.4 Å². The minimum Gasteiger partial charge on any atom is -0.478 e. The molecule has 0 bridgehead atoms. The smallest absolute Gasteiger partial charge is 0.337 e. The molecule has 3 nitrogen and oxygen atoms in total. The molecule has 2 N–H and O–H groups in total. The highest BCUT2D eigenvalue weighted by molar-refractivity contribution is 5.95. The molecule has 0 radical (unpaired) electrons. The largest absolute Gasteiger partial charge is 0.478 e. The van der Waals surface area contributed by atoms with Gasteiger partial charge in [-0.15, -0.1) is 0 Å². The first-order valence-electron chi connectivity index (χ1n) is 6.72. The Kier molecular flexibility index (Phi) is 4.08. The summed E-state index contributed by atoms with van der Waals surface area (Å²) < 4.78 is 0. The molecule has 0 saturated heterocycles. The van der Waals surface area contributed by atoms with Crippen molar-refractivity contribution in [3.63, 3.8) is 0 Å². The lowest BCUT2D eigenvalue weighted by molar-refractivity contribution is 0.0698. The van der Waals surface area contributed by atoms with E-state index in [0.717, 1.165) is 23.2 Å². The Morgan fingerprint density at radius 1 is 1.20 bits per heavy atom. The van der Waals surface area contributed by atoms with Gasteiger partial charge >= 0.3 is 5.97 Å². The summed E-state index contributed by atoms with van der Waals surface area (Å²) in [6.45, 7) is 6.00. The van der Waals surface area contributed by atoms with Crippen LogP contribution in [-0.4, -0.2) is 11.1 Å². The number of carbonyl (C=O) groups is 1. The Hall–Kier alpha value is -2.29. The fraction of sp³-hybridized carbons (Fsp3) is 0.235. The zero-order chi connectivity index (χ0) is 14.7. The predicted molar refractivity (Wildman–Crippen MR) is 82.0 cm³/mol. The lowest BCUT2D eigenvalue weighted by Gasteiger charge is -2.16. The number of benzene rings is 2. The number of rotatable bonds is 4. The number of hydrogen-bond donors (Lipinski definition) is 2. The highest BCUT2D eigenvalue weighted by atomic mass is 16.4. The molecule has 0 unspecified atom stereocenters. The minimum atomic E-state index is -0.914. The third-order valence-corrected chi connectivity index (χ3v) is 3.41. The molecule has 2 rings (SSSR count). The lowest BCUT2D eigenvalue weighted by atomic mass is 10.0. The van der Waals surface area contributed by atoms with E-state index in [9.17, 15) is 9.90 Å². The van der Waals surface area contributed by atoms with Crippen LogP contribution in [0, 0.1) is 13.8 Å². The molecular formula is C17H19NO2. The van der Waals surface area contributed by atoms with E-state index in [0.29, 0.717) is 11.3 Å². The summed E-state index contributed by atoms with van der Waals surface area (Å²) in [5, 5.41) is 12.6.